The topological polar surface area (TPSA) is 35.5 Å². The molecule has 0 aromatic heterocycles. The normalized spacial score (nSPS) is 22.1. The van der Waals surface area contributed by atoms with Crippen molar-refractivity contribution >= 4 is 5.97 Å². The minimum absolute atomic E-state index is 0.192. The third-order valence-electron chi connectivity index (χ3n) is 3.09. The molecular weight excluding hydrogens is 228 g/mol. The summed E-state index contributed by atoms with van der Waals surface area (Å²) in [5, 5.41) is 0. The van der Waals surface area contributed by atoms with Crippen molar-refractivity contribution < 1.29 is 14.3 Å². The highest BCUT2D eigenvalue weighted by atomic mass is 16.5. The van der Waals surface area contributed by atoms with Crippen LogP contribution in [0.3, 0.4) is 0 Å². The van der Waals surface area contributed by atoms with Crippen LogP contribution in [0.25, 0.3) is 0 Å². The quantitative estimate of drug-likeness (QED) is 0.619. The molecule has 1 aliphatic heterocycles. The third-order valence-corrected chi connectivity index (χ3v) is 3.09. The van der Waals surface area contributed by atoms with E-state index >= 15 is 0 Å². The summed E-state index contributed by atoms with van der Waals surface area (Å²) in [7, 11) is 0. The van der Waals surface area contributed by atoms with Crippen LogP contribution in [0.4, 0.5) is 0 Å². The molecular formula is C15H26O3. The molecule has 0 spiro atoms. The predicted molar refractivity (Wildman–Crippen MR) is 72.5 cm³/mol. The fourth-order valence-corrected chi connectivity index (χ4v) is 1.98. The number of hydrogen-bond acceptors (Lipinski definition) is 3. The number of cyclic esters (lactones) is 1. The fourth-order valence-electron chi connectivity index (χ4n) is 1.98. The highest BCUT2D eigenvalue weighted by Gasteiger charge is 1.98. The second-order valence-electron chi connectivity index (χ2n) is 4.80. The lowest BCUT2D eigenvalue weighted by molar-refractivity contribution is -0.137. The van der Waals surface area contributed by atoms with Crippen molar-refractivity contribution in [1.29, 1.82) is 0 Å². The number of rotatable bonds is 0. The summed E-state index contributed by atoms with van der Waals surface area (Å²) >= 11 is 0. The van der Waals surface area contributed by atoms with E-state index in [-0.39, 0.29) is 5.97 Å². The zero-order chi connectivity index (χ0) is 12.9. The van der Waals surface area contributed by atoms with E-state index in [0.29, 0.717) is 6.61 Å². The van der Waals surface area contributed by atoms with Gasteiger partial charge in [-0.15, -0.1) is 0 Å². The first-order valence-electron chi connectivity index (χ1n) is 7.30. The fraction of sp³-hybridized carbons (Fsp3) is 0.800. The van der Waals surface area contributed by atoms with Crippen LogP contribution in [-0.4, -0.2) is 25.8 Å². The first-order valence-corrected chi connectivity index (χ1v) is 7.30. The van der Waals surface area contributed by atoms with E-state index in [0.717, 1.165) is 58.2 Å². The Morgan fingerprint density at radius 2 is 1.39 bits per heavy atom. The number of esters is 1. The Kier molecular flexibility index (Phi) is 9.54. The van der Waals surface area contributed by atoms with Crippen molar-refractivity contribution in [3.8, 4) is 0 Å². The van der Waals surface area contributed by atoms with Crippen LogP contribution in [0.15, 0.2) is 12.2 Å². The Labute approximate surface area is 111 Å². The van der Waals surface area contributed by atoms with E-state index in [4.69, 9.17) is 9.47 Å². The molecule has 0 aromatic carbocycles. The van der Waals surface area contributed by atoms with Gasteiger partial charge < -0.3 is 9.47 Å². The van der Waals surface area contributed by atoms with Gasteiger partial charge >= 0.3 is 5.97 Å². The van der Waals surface area contributed by atoms with Crippen LogP contribution in [0.1, 0.15) is 57.8 Å². The zero-order valence-corrected chi connectivity index (χ0v) is 11.4. The van der Waals surface area contributed by atoms with Crippen LogP contribution < -0.4 is 0 Å². The largest absolute Gasteiger partial charge is 0.463 e. The lowest BCUT2D eigenvalue weighted by Crippen LogP contribution is -2.02. The maximum absolute atomic E-state index is 11.3. The summed E-state index contributed by atoms with van der Waals surface area (Å²) in [5.74, 6) is -0.192. The first kappa shape index (κ1) is 15.2. The van der Waals surface area contributed by atoms with E-state index in [1.165, 1.54) is 12.8 Å². The van der Waals surface area contributed by atoms with Crippen molar-refractivity contribution in [2.45, 2.75) is 57.8 Å². The molecule has 0 amide bonds. The van der Waals surface area contributed by atoms with Crippen LogP contribution in [0, 0.1) is 0 Å². The molecule has 0 aromatic rings. The van der Waals surface area contributed by atoms with Gasteiger partial charge in [0.15, 0.2) is 0 Å². The van der Waals surface area contributed by atoms with Crippen LogP contribution in [0.5, 0.6) is 0 Å². The molecule has 3 heteroatoms. The van der Waals surface area contributed by atoms with Crippen molar-refractivity contribution in [3.05, 3.63) is 12.2 Å². The maximum Gasteiger partial charge on any atom is 0.330 e. The maximum atomic E-state index is 11.3. The van der Waals surface area contributed by atoms with E-state index in [2.05, 4.69) is 0 Å². The molecule has 0 aliphatic carbocycles. The lowest BCUT2D eigenvalue weighted by atomic mass is 10.1. The Morgan fingerprint density at radius 1 is 0.778 bits per heavy atom. The Bertz CT molecular complexity index is 236. The number of carbonyl (C=O) groups excluding carboxylic acids is 1. The average molecular weight is 254 g/mol. The van der Waals surface area contributed by atoms with Gasteiger partial charge in [0.05, 0.1) is 6.61 Å². The summed E-state index contributed by atoms with van der Waals surface area (Å²) in [6.45, 7) is 2.32. The van der Waals surface area contributed by atoms with Gasteiger partial charge in [-0.2, -0.15) is 0 Å². The third kappa shape index (κ3) is 9.23. The van der Waals surface area contributed by atoms with Gasteiger partial charge in [-0.05, 0) is 38.5 Å². The molecule has 3 nitrogen and oxygen atoms in total. The molecule has 0 radical (unpaired) electrons. The van der Waals surface area contributed by atoms with Gasteiger partial charge in [0.2, 0.25) is 0 Å². The summed E-state index contributed by atoms with van der Waals surface area (Å²) in [4.78, 5) is 11.3. The van der Waals surface area contributed by atoms with Gasteiger partial charge in [-0.3, -0.25) is 0 Å². The van der Waals surface area contributed by atoms with Crippen molar-refractivity contribution in [1.82, 2.24) is 0 Å². The molecule has 0 saturated heterocycles. The minimum atomic E-state index is -0.192. The number of carbonyl (C=O) groups is 1. The first-order chi connectivity index (χ1) is 8.89. The summed E-state index contributed by atoms with van der Waals surface area (Å²) < 4.78 is 10.7. The van der Waals surface area contributed by atoms with Gasteiger partial charge in [0, 0.05) is 19.3 Å². The van der Waals surface area contributed by atoms with Crippen LogP contribution in [0.2, 0.25) is 0 Å². The summed E-state index contributed by atoms with van der Waals surface area (Å²) in [6.07, 6.45) is 13.5. The standard InChI is InChI=1S/C15H26O3/c16-15-11-7-3-1-2-4-8-12-17-13-9-5-6-10-14-18-15/h7,11H,1-6,8-10,12-14H2. The number of allylic oxidation sites excluding steroid dienone is 1. The van der Waals surface area contributed by atoms with E-state index < -0.39 is 0 Å². The van der Waals surface area contributed by atoms with E-state index in [1.54, 1.807) is 6.08 Å². The molecule has 0 unspecified atom stereocenters. The molecule has 0 bridgehead atoms. The van der Waals surface area contributed by atoms with Gasteiger partial charge in [-0.1, -0.05) is 25.3 Å². The monoisotopic (exact) mass is 254 g/mol. The lowest BCUT2D eigenvalue weighted by Gasteiger charge is -2.04. The highest BCUT2D eigenvalue weighted by molar-refractivity contribution is 5.81. The van der Waals surface area contributed by atoms with Crippen LogP contribution >= 0.6 is 0 Å². The van der Waals surface area contributed by atoms with Gasteiger partial charge in [0.1, 0.15) is 0 Å². The second-order valence-corrected chi connectivity index (χ2v) is 4.80. The van der Waals surface area contributed by atoms with Crippen molar-refractivity contribution in [2.24, 2.45) is 0 Å². The zero-order valence-electron chi connectivity index (χ0n) is 11.4. The van der Waals surface area contributed by atoms with Crippen molar-refractivity contribution in [3.63, 3.8) is 0 Å². The Balaban J connectivity index is 2.18. The molecule has 1 heterocycles. The van der Waals surface area contributed by atoms with Gasteiger partial charge in [-0.25, -0.2) is 4.79 Å². The molecule has 1 rings (SSSR count). The molecule has 0 atom stereocenters. The van der Waals surface area contributed by atoms with Crippen molar-refractivity contribution in [2.75, 3.05) is 19.8 Å². The molecule has 1 aliphatic rings. The minimum Gasteiger partial charge on any atom is -0.463 e. The second kappa shape index (κ2) is 11.3. The van der Waals surface area contributed by atoms with E-state index in [9.17, 15) is 4.79 Å². The molecule has 18 heavy (non-hydrogen) atoms. The summed E-state index contributed by atoms with van der Waals surface area (Å²) in [6, 6.07) is 0. The van der Waals surface area contributed by atoms with Gasteiger partial charge in [0.25, 0.3) is 0 Å². The smallest absolute Gasteiger partial charge is 0.330 e. The Morgan fingerprint density at radius 3 is 2.11 bits per heavy atom. The number of hydrogen-bond donors (Lipinski definition) is 0. The number of ether oxygens (including phenoxy) is 2. The molecule has 104 valence electrons. The molecule has 0 N–H and O–H groups in total. The Hall–Kier alpha value is -0.830. The predicted octanol–water partition coefficient (Wildman–Crippen LogP) is 3.63. The average Bonchev–Trinajstić information content (AvgIpc) is 2.37. The van der Waals surface area contributed by atoms with E-state index in [1.807, 2.05) is 6.08 Å². The highest BCUT2D eigenvalue weighted by Crippen LogP contribution is 2.06. The van der Waals surface area contributed by atoms with Crippen LogP contribution in [-0.2, 0) is 14.3 Å². The molecule has 0 saturated carbocycles. The summed E-state index contributed by atoms with van der Waals surface area (Å²) in [5.41, 5.74) is 0. The molecule has 0 fully saturated rings. The SMILES string of the molecule is O=C1C=CCCCCCCOCCCCCCO1.